The minimum absolute atomic E-state index is 0.0179. The molecule has 3 aromatic rings. The largest absolute Gasteiger partial charge is 0.444 e. The molecule has 43 heavy (non-hydrogen) atoms. The second kappa shape index (κ2) is 12.5. The molecule has 0 spiro atoms. The van der Waals surface area contributed by atoms with Gasteiger partial charge >= 0.3 is 6.09 Å². The maximum atomic E-state index is 13.9. The number of alkyl carbamates (subject to hydrolysis) is 1. The van der Waals surface area contributed by atoms with Gasteiger partial charge in [-0.25, -0.2) is 4.79 Å². The molecule has 2 atom stereocenters. The van der Waals surface area contributed by atoms with Crippen molar-refractivity contribution in [2.75, 3.05) is 18.4 Å². The number of amides is 4. The van der Waals surface area contributed by atoms with Gasteiger partial charge in [-0.2, -0.15) is 0 Å². The number of hydrogen-bond donors (Lipinski definition) is 4. The highest BCUT2D eigenvalue weighted by Crippen LogP contribution is 2.38. The molecule has 5 rings (SSSR count). The van der Waals surface area contributed by atoms with E-state index in [0.717, 1.165) is 29.3 Å². The van der Waals surface area contributed by atoms with E-state index >= 15 is 0 Å². The predicted molar refractivity (Wildman–Crippen MR) is 164 cm³/mol. The number of primary amides is 1. The van der Waals surface area contributed by atoms with Gasteiger partial charge < -0.3 is 31.0 Å². The Morgan fingerprint density at radius 2 is 1.70 bits per heavy atom. The van der Waals surface area contributed by atoms with Crippen molar-refractivity contribution in [1.29, 1.82) is 0 Å². The van der Waals surface area contributed by atoms with E-state index < -0.39 is 23.6 Å². The fourth-order valence-electron chi connectivity index (χ4n) is 6.36. The van der Waals surface area contributed by atoms with Gasteiger partial charge in [0.25, 0.3) is 5.91 Å². The molecule has 10 nitrogen and oxygen atoms in total. The molecule has 5 N–H and O–H groups in total. The second-order valence-electron chi connectivity index (χ2n) is 12.7. The summed E-state index contributed by atoms with van der Waals surface area (Å²) in [6.45, 7) is 6.53. The van der Waals surface area contributed by atoms with Crippen molar-refractivity contribution in [2.45, 2.75) is 70.4 Å². The van der Waals surface area contributed by atoms with Gasteiger partial charge in [0.1, 0.15) is 17.3 Å². The van der Waals surface area contributed by atoms with Gasteiger partial charge in [0.15, 0.2) is 0 Å². The highest BCUT2D eigenvalue weighted by atomic mass is 16.6. The van der Waals surface area contributed by atoms with Gasteiger partial charge in [-0.05, 0) is 88.6 Å². The molecular weight excluding hydrogens is 546 g/mol. The van der Waals surface area contributed by atoms with Crippen molar-refractivity contribution in [3.63, 3.8) is 0 Å². The van der Waals surface area contributed by atoms with E-state index in [0.29, 0.717) is 43.7 Å². The third-order valence-electron chi connectivity index (χ3n) is 8.46. The van der Waals surface area contributed by atoms with Gasteiger partial charge in [-0.1, -0.05) is 30.3 Å². The Balaban J connectivity index is 1.27. The zero-order chi connectivity index (χ0) is 30.7. The van der Waals surface area contributed by atoms with Crippen LogP contribution in [0.5, 0.6) is 0 Å². The molecule has 2 aliphatic rings. The molecule has 2 fully saturated rings. The number of ether oxygens (including phenoxy) is 1. The Labute approximate surface area is 251 Å². The van der Waals surface area contributed by atoms with Crippen LogP contribution in [0.4, 0.5) is 10.5 Å². The monoisotopic (exact) mass is 587 g/mol. The first-order chi connectivity index (χ1) is 20.5. The van der Waals surface area contributed by atoms with Crippen LogP contribution in [0.15, 0.2) is 54.6 Å². The van der Waals surface area contributed by atoms with E-state index in [1.807, 2.05) is 51.1 Å². The molecule has 1 aliphatic carbocycles. The minimum atomic E-state index is -0.649. The van der Waals surface area contributed by atoms with Gasteiger partial charge in [-0.15, -0.1) is 0 Å². The molecule has 2 aromatic carbocycles. The first-order valence-corrected chi connectivity index (χ1v) is 15.0. The Morgan fingerprint density at radius 3 is 2.37 bits per heavy atom. The predicted octanol–water partition coefficient (Wildman–Crippen LogP) is 4.92. The maximum Gasteiger partial charge on any atom is 0.407 e. The fraction of sp³-hybridized carbons (Fsp3) is 0.455. The normalized spacial score (nSPS) is 22.3. The van der Waals surface area contributed by atoms with Gasteiger partial charge in [0, 0.05) is 41.5 Å². The molecule has 1 saturated carbocycles. The summed E-state index contributed by atoms with van der Waals surface area (Å²) in [5, 5.41) is 6.65. The lowest BCUT2D eigenvalue weighted by Crippen LogP contribution is -2.48. The SMILES string of the molecule is CC(C)(C)OC(=O)NC[C@H]1CC[C@H](C(=O)N2CCC(c3ccccc3)C2C(=O)Nc2ccc3[nH]c(C(N)=O)cc3c2)CC1. The van der Waals surface area contributed by atoms with Crippen LogP contribution >= 0.6 is 0 Å². The number of fused-ring (bicyclic) bond motifs is 1. The van der Waals surface area contributed by atoms with E-state index in [-0.39, 0.29) is 29.6 Å². The van der Waals surface area contributed by atoms with Crippen LogP contribution < -0.4 is 16.4 Å². The molecule has 4 amide bonds. The van der Waals surface area contributed by atoms with Gasteiger partial charge in [0.2, 0.25) is 11.8 Å². The third kappa shape index (κ3) is 7.18. The lowest BCUT2D eigenvalue weighted by atomic mass is 9.81. The van der Waals surface area contributed by atoms with E-state index in [1.165, 1.54) is 0 Å². The number of nitrogens with one attached hydrogen (secondary N) is 3. The summed E-state index contributed by atoms with van der Waals surface area (Å²) in [5.41, 5.74) is 7.51. The molecule has 10 heteroatoms. The van der Waals surface area contributed by atoms with E-state index in [9.17, 15) is 19.2 Å². The van der Waals surface area contributed by atoms with Crippen molar-refractivity contribution >= 4 is 40.4 Å². The third-order valence-corrected chi connectivity index (χ3v) is 8.46. The van der Waals surface area contributed by atoms with Crippen molar-refractivity contribution in [3.05, 3.63) is 65.9 Å². The number of benzene rings is 2. The number of aromatic nitrogens is 1. The number of carbonyl (C=O) groups is 4. The van der Waals surface area contributed by atoms with Crippen LogP contribution in [-0.2, 0) is 14.3 Å². The molecule has 0 bridgehead atoms. The van der Waals surface area contributed by atoms with Crippen molar-refractivity contribution in [3.8, 4) is 0 Å². The lowest BCUT2D eigenvalue weighted by molar-refractivity contribution is -0.141. The summed E-state index contributed by atoms with van der Waals surface area (Å²) < 4.78 is 5.34. The summed E-state index contributed by atoms with van der Waals surface area (Å²) in [4.78, 5) is 56.2. The first kappa shape index (κ1) is 30.1. The number of rotatable bonds is 7. The molecule has 0 radical (unpaired) electrons. The highest BCUT2D eigenvalue weighted by Gasteiger charge is 2.44. The van der Waals surface area contributed by atoms with Gasteiger partial charge in [0.05, 0.1) is 0 Å². The van der Waals surface area contributed by atoms with E-state index in [1.54, 1.807) is 29.2 Å². The zero-order valence-electron chi connectivity index (χ0n) is 25.0. The first-order valence-electron chi connectivity index (χ1n) is 15.0. The number of nitrogens with zero attached hydrogens (tertiary/aromatic N) is 1. The van der Waals surface area contributed by atoms with E-state index in [4.69, 9.17) is 10.5 Å². The topological polar surface area (TPSA) is 147 Å². The molecule has 2 heterocycles. The standard InChI is InChI=1S/C33H41N5O5/c1-33(2,3)43-32(42)35-19-20-9-11-22(12-10-20)31(41)38-16-15-25(21-7-5-4-6-8-21)28(38)30(40)36-24-13-14-26-23(17-24)18-27(37-26)29(34)39/h4-8,13-14,17-18,20,22,25,28,37H,9-12,15-16,19H2,1-3H3,(H2,34,39)(H,35,42)(H,36,40)/t20-,22-,25?,28?. The number of anilines is 1. The average molecular weight is 588 g/mol. The molecule has 1 aromatic heterocycles. The van der Waals surface area contributed by atoms with Crippen LogP contribution in [0.3, 0.4) is 0 Å². The smallest absolute Gasteiger partial charge is 0.407 e. The molecule has 1 saturated heterocycles. The summed E-state index contributed by atoms with van der Waals surface area (Å²) in [6, 6.07) is 16.2. The van der Waals surface area contributed by atoms with Crippen LogP contribution in [0.25, 0.3) is 10.9 Å². The zero-order valence-corrected chi connectivity index (χ0v) is 25.0. The van der Waals surface area contributed by atoms with Crippen LogP contribution in [0.1, 0.15) is 74.8 Å². The number of nitrogens with two attached hydrogens (primary N) is 1. The number of aromatic amines is 1. The molecule has 228 valence electrons. The number of hydrogen-bond acceptors (Lipinski definition) is 5. The lowest BCUT2D eigenvalue weighted by Gasteiger charge is -2.34. The number of likely N-dealkylation sites (tertiary alicyclic amines) is 1. The Bertz CT molecular complexity index is 1490. The minimum Gasteiger partial charge on any atom is -0.444 e. The molecular formula is C33H41N5O5. The van der Waals surface area contributed by atoms with E-state index in [2.05, 4.69) is 15.6 Å². The molecule has 1 aliphatic heterocycles. The Kier molecular flexibility index (Phi) is 8.75. The molecule has 2 unspecified atom stereocenters. The quantitative estimate of drug-likeness (QED) is 0.310. The summed E-state index contributed by atoms with van der Waals surface area (Å²) >= 11 is 0. The maximum absolute atomic E-state index is 13.9. The van der Waals surface area contributed by atoms with Crippen LogP contribution in [-0.4, -0.2) is 58.4 Å². The van der Waals surface area contributed by atoms with Crippen molar-refractivity contribution < 1.29 is 23.9 Å². The van der Waals surface area contributed by atoms with Crippen molar-refractivity contribution in [1.82, 2.24) is 15.2 Å². The second-order valence-corrected chi connectivity index (χ2v) is 12.7. The van der Waals surface area contributed by atoms with Crippen LogP contribution in [0.2, 0.25) is 0 Å². The Hall–Kier alpha value is -4.34. The number of H-pyrrole nitrogens is 1. The average Bonchev–Trinajstić information content (AvgIpc) is 3.61. The number of carbonyl (C=O) groups excluding carboxylic acids is 4. The summed E-state index contributed by atoms with van der Waals surface area (Å²) in [6.07, 6.45) is 3.35. The fourth-order valence-corrected chi connectivity index (χ4v) is 6.36. The Morgan fingerprint density at radius 1 is 0.977 bits per heavy atom. The highest BCUT2D eigenvalue weighted by molar-refractivity contribution is 6.01. The summed E-state index contributed by atoms with van der Waals surface area (Å²) in [5.74, 6) is -0.780. The summed E-state index contributed by atoms with van der Waals surface area (Å²) in [7, 11) is 0. The van der Waals surface area contributed by atoms with Crippen molar-refractivity contribution in [2.24, 2.45) is 17.6 Å². The van der Waals surface area contributed by atoms with Gasteiger partial charge in [-0.3, -0.25) is 14.4 Å². The van der Waals surface area contributed by atoms with Crippen LogP contribution in [0, 0.1) is 11.8 Å².